The van der Waals surface area contributed by atoms with Crippen molar-refractivity contribution in [3.8, 4) is 0 Å². The lowest BCUT2D eigenvalue weighted by Gasteiger charge is -2.19. The molecule has 0 aliphatic rings. The van der Waals surface area contributed by atoms with Gasteiger partial charge in [-0.3, -0.25) is 9.59 Å². The quantitative estimate of drug-likeness (QED) is 0.751. The Morgan fingerprint density at radius 3 is 2.04 bits per heavy atom. The zero-order chi connectivity index (χ0) is 17.5. The largest absolute Gasteiger partial charge is 0.326 e. The van der Waals surface area contributed by atoms with Gasteiger partial charge in [0.15, 0.2) is 0 Å². The van der Waals surface area contributed by atoms with E-state index in [1.165, 1.54) is 6.92 Å². The van der Waals surface area contributed by atoms with E-state index >= 15 is 0 Å². The van der Waals surface area contributed by atoms with Gasteiger partial charge < -0.3 is 10.6 Å². The van der Waals surface area contributed by atoms with Crippen molar-refractivity contribution in [1.82, 2.24) is 4.31 Å². The molecule has 0 radical (unpaired) electrons. The third-order valence-corrected chi connectivity index (χ3v) is 4.29. The molecule has 0 aliphatic heterocycles. The first-order valence-corrected chi connectivity index (χ1v) is 9.20. The molecule has 2 amide bonds. The Labute approximate surface area is 137 Å². The average molecular weight is 341 g/mol. The van der Waals surface area contributed by atoms with Crippen LogP contribution in [0, 0.1) is 0 Å². The maximum absolute atomic E-state index is 12.0. The third-order valence-electron chi connectivity index (χ3n) is 3.04. The van der Waals surface area contributed by atoms with E-state index in [0.717, 1.165) is 17.0 Å². The van der Waals surface area contributed by atoms with Gasteiger partial charge in [0.05, 0.1) is 12.8 Å². The Bertz CT molecular complexity index is 641. The first-order chi connectivity index (χ1) is 10.7. The molecule has 0 aromatic heterocycles. The lowest BCUT2D eigenvalue weighted by Crippen LogP contribution is -2.37. The molecule has 7 nitrogen and oxygen atoms in total. The van der Waals surface area contributed by atoms with Gasteiger partial charge in [-0.05, 0) is 30.7 Å². The topological polar surface area (TPSA) is 95.6 Å². The molecular formula is C15H23N3O4S. The Morgan fingerprint density at radius 1 is 1.09 bits per heavy atom. The van der Waals surface area contributed by atoms with Crippen LogP contribution >= 0.6 is 0 Å². The summed E-state index contributed by atoms with van der Waals surface area (Å²) in [7, 11) is -3.42. The fraction of sp³-hybridized carbons (Fsp3) is 0.467. The molecule has 1 aromatic carbocycles. The number of amides is 2. The smallest absolute Gasteiger partial charge is 0.239 e. The van der Waals surface area contributed by atoms with Crippen LogP contribution in [-0.4, -0.2) is 43.9 Å². The molecule has 0 saturated heterocycles. The van der Waals surface area contributed by atoms with Crippen LogP contribution in [0.15, 0.2) is 24.3 Å². The molecule has 128 valence electrons. The molecule has 8 heteroatoms. The molecule has 1 rings (SSSR count). The number of nitrogens with zero attached hydrogens (tertiary/aromatic N) is 1. The van der Waals surface area contributed by atoms with E-state index in [1.54, 1.807) is 24.3 Å². The van der Waals surface area contributed by atoms with E-state index in [0.29, 0.717) is 24.3 Å². The number of sulfonamides is 1. The van der Waals surface area contributed by atoms with Crippen LogP contribution in [0.4, 0.5) is 11.4 Å². The maximum Gasteiger partial charge on any atom is 0.239 e. The first kappa shape index (κ1) is 19.1. The van der Waals surface area contributed by atoms with Gasteiger partial charge >= 0.3 is 0 Å². The van der Waals surface area contributed by atoms with Crippen LogP contribution in [0.2, 0.25) is 0 Å². The second-order valence-corrected chi connectivity index (χ2v) is 7.24. The van der Waals surface area contributed by atoms with Crippen molar-refractivity contribution in [2.24, 2.45) is 0 Å². The van der Waals surface area contributed by atoms with Crippen molar-refractivity contribution >= 4 is 33.2 Å². The zero-order valence-electron chi connectivity index (χ0n) is 13.6. The maximum atomic E-state index is 12.0. The van der Waals surface area contributed by atoms with Gasteiger partial charge in [0.25, 0.3) is 0 Å². The minimum absolute atomic E-state index is 0.179. The van der Waals surface area contributed by atoms with Crippen LogP contribution in [-0.2, 0) is 19.6 Å². The number of anilines is 2. The number of unbranched alkanes of at least 4 members (excludes halogenated alkanes) is 1. The standard InChI is InChI=1S/C15H23N3O4S/c1-4-5-10-18(23(3,21)22)11-15(20)17-14-8-6-13(7-9-14)16-12(2)19/h6-9H,4-5,10-11H2,1-3H3,(H,16,19)(H,17,20). The van der Waals surface area contributed by atoms with Crippen LogP contribution < -0.4 is 10.6 Å². The monoisotopic (exact) mass is 341 g/mol. The molecule has 0 heterocycles. The lowest BCUT2D eigenvalue weighted by atomic mass is 10.2. The van der Waals surface area contributed by atoms with E-state index < -0.39 is 15.9 Å². The Balaban J connectivity index is 2.65. The minimum atomic E-state index is -3.42. The van der Waals surface area contributed by atoms with E-state index in [9.17, 15) is 18.0 Å². The fourth-order valence-corrected chi connectivity index (χ4v) is 2.71. The number of nitrogens with one attached hydrogen (secondary N) is 2. The summed E-state index contributed by atoms with van der Waals surface area (Å²) < 4.78 is 24.5. The van der Waals surface area contributed by atoms with Gasteiger partial charge in [0.1, 0.15) is 0 Å². The molecule has 2 N–H and O–H groups in total. The number of carbonyl (C=O) groups is 2. The van der Waals surface area contributed by atoms with Crippen molar-refractivity contribution in [3.05, 3.63) is 24.3 Å². The van der Waals surface area contributed by atoms with E-state index in [1.807, 2.05) is 6.92 Å². The van der Waals surface area contributed by atoms with Crippen molar-refractivity contribution in [3.63, 3.8) is 0 Å². The molecule has 0 atom stereocenters. The molecule has 0 saturated carbocycles. The number of hydrogen-bond acceptors (Lipinski definition) is 4. The summed E-state index contributed by atoms with van der Waals surface area (Å²) in [5, 5.41) is 5.27. The van der Waals surface area contributed by atoms with Crippen LogP contribution in [0.3, 0.4) is 0 Å². The number of rotatable bonds is 8. The summed E-state index contributed by atoms with van der Waals surface area (Å²) in [5.74, 6) is -0.583. The Kier molecular flexibility index (Phi) is 7.18. The van der Waals surface area contributed by atoms with Gasteiger partial charge in [-0.1, -0.05) is 13.3 Å². The highest BCUT2D eigenvalue weighted by atomic mass is 32.2. The SMILES string of the molecule is CCCCN(CC(=O)Nc1ccc(NC(C)=O)cc1)S(C)(=O)=O. The Morgan fingerprint density at radius 2 is 1.61 bits per heavy atom. The molecule has 23 heavy (non-hydrogen) atoms. The molecule has 0 fully saturated rings. The van der Waals surface area contributed by atoms with Crippen molar-refractivity contribution in [1.29, 1.82) is 0 Å². The predicted octanol–water partition coefficient (Wildman–Crippen LogP) is 1.65. The predicted molar refractivity (Wildman–Crippen MR) is 90.7 cm³/mol. The lowest BCUT2D eigenvalue weighted by molar-refractivity contribution is -0.116. The van der Waals surface area contributed by atoms with Crippen LogP contribution in [0.1, 0.15) is 26.7 Å². The normalized spacial score (nSPS) is 11.3. The van der Waals surface area contributed by atoms with E-state index in [2.05, 4.69) is 10.6 Å². The third kappa shape index (κ3) is 7.25. The second kappa shape index (κ2) is 8.64. The van der Waals surface area contributed by atoms with Gasteiger partial charge in [0.2, 0.25) is 21.8 Å². The molecule has 0 spiro atoms. The molecule has 0 bridgehead atoms. The van der Waals surface area contributed by atoms with Gasteiger partial charge in [-0.25, -0.2) is 8.42 Å². The minimum Gasteiger partial charge on any atom is -0.326 e. The van der Waals surface area contributed by atoms with Gasteiger partial charge in [0, 0.05) is 24.8 Å². The number of hydrogen-bond donors (Lipinski definition) is 2. The van der Waals surface area contributed by atoms with Gasteiger partial charge in [-0.2, -0.15) is 4.31 Å². The molecule has 1 aromatic rings. The summed E-state index contributed by atoms with van der Waals surface area (Å²) in [4.78, 5) is 22.9. The number of benzene rings is 1. The van der Waals surface area contributed by atoms with Crippen LogP contribution in [0.25, 0.3) is 0 Å². The highest BCUT2D eigenvalue weighted by molar-refractivity contribution is 7.88. The van der Waals surface area contributed by atoms with E-state index in [-0.39, 0.29) is 12.5 Å². The summed E-state index contributed by atoms with van der Waals surface area (Å²) in [6.07, 6.45) is 2.64. The first-order valence-electron chi connectivity index (χ1n) is 7.35. The summed E-state index contributed by atoms with van der Waals surface area (Å²) in [6.45, 7) is 3.47. The molecule has 0 unspecified atom stereocenters. The Hall–Kier alpha value is -1.93. The summed E-state index contributed by atoms with van der Waals surface area (Å²) >= 11 is 0. The number of carbonyl (C=O) groups excluding carboxylic acids is 2. The zero-order valence-corrected chi connectivity index (χ0v) is 14.4. The summed E-state index contributed by atoms with van der Waals surface area (Å²) in [5.41, 5.74) is 1.16. The highest BCUT2D eigenvalue weighted by Gasteiger charge is 2.19. The van der Waals surface area contributed by atoms with Gasteiger partial charge in [-0.15, -0.1) is 0 Å². The van der Waals surface area contributed by atoms with Crippen LogP contribution in [0.5, 0.6) is 0 Å². The van der Waals surface area contributed by atoms with E-state index in [4.69, 9.17) is 0 Å². The van der Waals surface area contributed by atoms with Crippen molar-refractivity contribution < 1.29 is 18.0 Å². The molecular weight excluding hydrogens is 318 g/mol. The fourth-order valence-electron chi connectivity index (χ4n) is 1.90. The molecule has 0 aliphatic carbocycles. The van der Waals surface area contributed by atoms with Crippen molar-refractivity contribution in [2.75, 3.05) is 30.0 Å². The average Bonchev–Trinajstić information content (AvgIpc) is 2.43. The van der Waals surface area contributed by atoms with Crippen molar-refractivity contribution in [2.45, 2.75) is 26.7 Å². The second-order valence-electron chi connectivity index (χ2n) is 5.26. The highest BCUT2D eigenvalue weighted by Crippen LogP contribution is 2.13. The summed E-state index contributed by atoms with van der Waals surface area (Å²) in [6, 6.07) is 6.59.